The van der Waals surface area contributed by atoms with Crippen LogP contribution in [0.1, 0.15) is 19.4 Å². The maximum Gasteiger partial charge on any atom is 0.224 e. The summed E-state index contributed by atoms with van der Waals surface area (Å²) in [7, 11) is 0. The average molecular weight is 238 g/mol. The standard InChI is InChI=1S/C13H19FN2O/c1-9(10(2)15)13(17)16-8-7-11-3-5-12(14)6-4-11/h3-6,9-10H,7-8,15H2,1-2H3,(H,16,17). The molecular weight excluding hydrogens is 219 g/mol. The monoisotopic (exact) mass is 238 g/mol. The van der Waals surface area contributed by atoms with Crippen LogP contribution in [0, 0.1) is 11.7 Å². The topological polar surface area (TPSA) is 55.1 Å². The zero-order valence-electron chi connectivity index (χ0n) is 10.2. The number of amides is 1. The molecule has 0 aliphatic rings. The van der Waals surface area contributed by atoms with Crippen LogP contribution >= 0.6 is 0 Å². The van der Waals surface area contributed by atoms with Crippen molar-refractivity contribution < 1.29 is 9.18 Å². The summed E-state index contributed by atoms with van der Waals surface area (Å²) < 4.78 is 12.6. The first kappa shape index (κ1) is 13.6. The number of halogens is 1. The van der Waals surface area contributed by atoms with Crippen LogP contribution in [0.4, 0.5) is 4.39 Å². The Morgan fingerprint density at radius 3 is 2.47 bits per heavy atom. The van der Waals surface area contributed by atoms with Crippen LogP contribution in [-0.2, 0) is 11.2 Å². The molecule has 0 aliphatic carbocycles. The Kier molecular flexibility index (Phi) is 5.10. The SMILES string of the molecule is CC(N)C(C)C(=O)NCCc1ccc(F)cc1. The Labute approximate surface area is 101 Å². The molecule has 3 nitrogen and oxygen atoms in total. The molecule has 94 valence electrons. The highest BCUT2D eigenvalue weighted by molar-refractivity contribution is 5.78. The Hall–Kier alpha value is -1.42. The van der Waals surface area contributed by atoms with Crippen molar-refractivity contribution in [2.75, 3.05) is 6.54 Å². The van der Waals surface area contributed by atoms with Gasteiger partial charge in [0.1, 0.15) is 5.82 Å². The lowest BCUT2D eigenvalue weighted by Gasteiger charge is -2.15. The molecule has 0 spiro atoms. The van der Waals surface area contributed by atoms with Gasteiger partial charge in [-0.2, -0.15) is 0 Å². The van der Waals surface area contributed by atoms with E-state index in [1.165, 1.54) is 12.1 Å². The highest BCUT2D eigenvalue weighted by Gasteiger charge is 2.15. The second-order valence-electron chi connectivity index (χ2n) is 4.32. The third kappa shape index (κ3) is 4.53. The number of benzene rings is 1. The molecule has 2 atom stereocenters. The van der Waals surface area contributed by atoms with Gasteiger partial charge < -0.3 is 11.1 Å². The molecule has 0 aromatic heterocycles. The van der Waals surface area contributed by atoms with Crippen LogP contribution < -0.4 is 11.1 Å². The number of hydrogen-bond donors (Lipinski definition) is 2. The van der Waals surface area contributed by atoms with E-state index in [9.17, 15) is 9.18 Å². The van der Waals surface area contributed by atoms with E-state index in [-0.39, 0.29) is 23.7 Å². The summed E-state index contributed by atoms with van der Waals surface area (Å²) in [5.74, 6) is -0.478. The fourth-order valence-corrected chi connectivity index (χ4v) is 1.38. The lowest BCUT2D eigenvalue weighted by Crippen LogP contribution is -2.39. The van der Waals surface area contributed by atoms with Gasteiger partial charge in [-0.15, -0.1) is 0 Å². The van der Waals surface area contributed by atoms with E-state index in [0.29, 0.717) is 13.0 Å². The normalized spacial score (nSPS) is 14.1. The van der Waals surface area contributed by atoms with E-state index in [1.54, 1.807) is 19.1 Å². The molecule has 0 heterocycles. The Bertz CT molecular complexity index is 362. The number of rotatable bonds is 5. The molecule has 3 N–H and O–H groups in total. The molecule has 17 heavy (non-hydrogen) atoms. The van der Waals surface area contributed by atoms with Gasteiger partial charge in [-0.3, -0.25) is 4.79 Å². The van der Waals surface area contributed by atoms with Gasteiger partial charge in [0, 0.05) is 18.5 Å². The summed E-state index contributed by atoms with van der Waals surface area (Å²) >= 11 is 0. The lowest BCUT2D eigenvalue weighted by molar-refractivity contribution is -0.124. The van der Waals surface area contributed by atoms with Gasteiger partial charge in [0.2, 0.25) is 5.91 Å². The van der Waals surface area contributed by atoms with E-state index in [1.807, 2.05) is 6.92 Å². The Balaban J connectivity index is 2.33. The first-order chi connectivity index (χ1) is 8.00. The summed E-state index contributed by atoms with van der Waals surface area (Å²) in [6.45, 7) is 4.16. The average Bonchev–Trinajstić information content (AvgIpc) is 2.30. The van der Waals surface area contributed by atoms with Crippen LogP contribution in [0.15, 0.2) is 24.3 Å². The van der Waals surface area contributed by atoms with E-state index in [4.69, 9.17) is 5.73 Å². The highest BCUT2D eigenvalue weighted by Crippen LogP contribution is 2.03. The summed E-state index contributed by atoms with van der Waals surface area (Å²) in [6, 6.07) is 6.12. The molecule has 2 unspecified atom stereocenters. The number of hydrogen-bond acceptors (Lipinski definition) is 2. The third-order valence-corrected chi connectivity index (χ3v) is 2.83. The van der Waals surface area contributed by atoms with Crippen molar-refractivity contribution in [1.29, 1.82) is 0 Å². The molecule has 1 amide bonds. The van der Waals surface area contributed by atoms with Crippen LogP contribution in [0.3, 0.4) is 0 Å². The predicted molar refractivity (Wildman–Crippen MR) is 65.9 cm³/mol. The minimum absolute atomic E-state index is 0.0397. The van der Waals surface area contributed by atoms with Crippen molar-refractivity contribution in [2.24, 2.45) is 11.7 Å². The molecule has 0 saturated heterocycles. The lowest BCUT2D eigenvalue weighted by atomic mass is 10.0. The van der Waals surface area contributed by atoms with E-state index >= 15 is 0 Å². The van der Waals surface area contributed by atoms with Crippen LogP contribution in [-0.4, -0.2) is 18.5 Å². The Morgan fingerprint density at radius 1 is 1.35 bits per heavy atom. The summed E-state index contributed by atoms with van der Waals surface area (Å²) in [5, 5.41) is 2.81. The van der Waals surface area contributed by atoms with Gasteiger partial charge in [0.15, 0.2) is 0 Å². The van der Waals surface area contributed by atoms with Crippen molar-refractivity contribution >= 4 is 5.91 Å². The van der Waals surface area contributed by atoms with Crippen molar-refractivity contribution in [3.05, 3.63) is 35.6 Å². The molecule has 1 aromatic carbocycles. The Morgan fingerprint density at radius 2 is 1.94 bits per heavy atom. The molecule has 0 bridgehead atoms. The molecule has 0 aliphatic heterocycles. The minimum atomic E-state index is -0.247. The maximum atomic E-state index is 12.6. The van der Waals surface area contributed by atoms with Gasteiger partial charge >= 0.3 is 0 Å². The van der Waals surface area contributed by atoms with Crippen LogP contribution in [0.2, 0.25) is 0 Å². The zero-order valence-corrected chi connectivity index (χ0v) is 10.2. The number of nitrogens with one attached hydrogen (secondary N) is 1. The summed E-state index contributed by atoms with van der Waals surface area (Å²) in [4.78, 5) is 11.6. The molecule has 0 saturated carbocycles. The van der Waals surface area contributed by atoms with Crippen LogP contribution in [0.25, 0.3) is 0 Å². The first-order valence-electron chi connectivity index (χ1n) is 5.78. The van der Waals surface area contributed by atoms with Gasteiger partial charge in [-0.05, 0) is 31.0 Å². The number of carbonyl (C=O) groups excluding carboxylic acids is 1. The molecule has 0 radical (unpaired) electrons. The van der Waals surface area contributed by atoms with Crippen LogP contribution in [0.5, 0.6) is 0 Å². The fourth-order valence-electron chi connectivity index (χ4n) is 1.38. The molecule has 1 aromatic rings. The maximum absolute atomic E-state index is 12.6. The van der Waals surface area contributed by atoms with Gasteiger partial charge in [-0.25, -0.2) is 4.39 Å². The summed E-state index contributed by atoms with van der Waals surface area (Å²) in [6.07, 6.45) is 0.692. The largest absolute Gasteiger partial charge is 0.355 e. The van der Waals surface area contributed by atoms with E-state index in [2.05, 4.69) is 5.32 Å². The van der Waals surface area contributed by atoms with Crippen molar-refractivity contribution in [2.45, 2.75) is 26.3 Å². The second-order valence-corrected chi connectivity index (χ2v) is 4.32. The second kappa shape index (κ2) is 6.35. The van der Waals surface area contributed by atoms with E-state index < -0.39 is 0 Å². The van der Waals surface area contributed by atoms with Gasteiger partial charge in [0.25, 0.3) is 0 Å². The third-order valence-electron chi connectivity index (χ3n) is 2.83. The van der Waals surface area contributed by atoms with Crippen molar-refractivity contribution in [3.8, 4) is 0 Å². The minimum Gasteiger partial charge on any atom is -0.355 e. The quantitative estimate of drug-likeness (QED) is 0.816. The van der Waals surface area contributed by atoms with E-state index in [0.717, 1.165) is 5.56 Å². The molecule has 1 rings (SSSR count). The predicted octanol–water partition coefficient (Wildman–Crippen LogP) is 1.47. The number of carbonyl (C=O) groups is 1. The molecule has 0 fully saturated rings. The van der Waals surface area contributed by atoms with Crippen molar-refractivity contribution in [1.82, 2.24) is 5.32 Å². The smallest absolute Gasteiger partial charge is 0.224 e. The summed E-state index contributed by atoms with van der Waals surface area (Å²) in [5.41, 5.74) is 6.63. The first-order valence-corrected chi connectivity index (χ1v) is 5.78. The van der Waals surface area contributed by atoms with Crippen molar-refractivity contribution in [3.63, 3.8) is 0 Å². The zero-order chi connectivity index (χ0) is 12.8. The fraction of sp³-hybridized carbons (Fsp3) is 0.462. The van der Waals surface area contributed by atoms with Gasteiger partial charge in [-0.1, -0.05) is 19.1 Å². The number of nitrogens with two attached hydrogens (primary N) is 1. The molecular formula is C13H19FN2O. The van der Waals surface area contributed by atoms with Gasteiger partial charge in [0.05, 0.1) is 0 Å². The highest BCUT2D eigenvalue weighted by atomic mass is 19.1. The molecule has 4 heteroatoms.